The summed E-state index contributed by atoms with van der Waals surface area (Å²) in [5.74, 6) is -0.258. The summed E-state index contributed by atoms with van der Waals surface area (Å²) in [7, 11) is 1.68. The smallest absolute Gasteiger partial charge is 0.139 e. The van der Waals surface area contributed by atoms with Crippen molar-refractivity contribution in [2.45, 2.75) is 20.1 Å². The fourth-order valence-electron chi connectivity index (χ4n) is 2.03. The Labute approximate surface area is 127 Å². The second-order valence-electron chi connectivity index (χ2n) is 4.69. The van der Waals surface area contributed by atoms with Gasteiger partial charge in [0.1, 0.15) is 5.82 Å². The molecule has 0 unspecified atom stereocenters. The quantitative estimate of drug-likeness (QED) is 0.856. The lowest BCUT2D eigenvalue weighted by molar-refractivity contribution is 0.185. The molecule has 0 atom stereocenters. The van der Waals surface area contributed by atoms with Crippen molar-refractivity contribution in [2.75, 3.05) is 12.4 Å². The number of methoxy groups -OCH3 is 1. The average molecular weight is 338 g/mol. The first-order valence-electron chi connectivity index (χ1n) is 6.36. The fraction of sp³-hybridized carbons (Fsp3) is 0.250. The Morgan fingerprint density at radius 3 is 2.70 bits per heavy atom. The van der Waals surface area contributed by atoms with Gasteiger partial charge in [-0.1, -0.05) is 24.3 Å². The summed E-state index contributed by atoms with van der Waals surface area (Å²) >= 11 is 3.19. The van der Waals surface area contributed by atoms with Gasteiger partial charge in [-0.05, 0) is 51.7 Å². The Hall–Kier alpha value is -1.39. The maximum atomic E-state index is 13.5. The van der Waals surface area contributed by atoms with Gasteiger partial charge in [0.2, 0.25) is 0 Å². The normalized spacial score (nSPS) is 10.6. The van der Waals surface area contributed by atoms with Crippen molar-refractivity contribution in [2.24, 2.45) is 0 Å². The molecule has 0 radical (unpaired) electrons. The predicted octanol–water partition coefficient (Wildman–Crippen LogP) is 4.66. The molecular weight excluding hydrogens is 321 g/mol. The molecule has 106 valence electrons. The van der Waals surface area contributed by atoms with Crippen LogP contribution in [-0.4, -0.2) is 7.11 Å². The Morgan fingerprint density at radius 2 is 1.95 bits per heavy atom. The lowest BCUT2D eigenvalue weighted by Gasteiger charge is -2.11. The minimum atomic E-state index is -0.258. The molecule has 0 bridgehead atoms. The zero-order valence-corrected chi connectivity index (χ0v) is 13.1. The van der Waals surface area contributed by atoms with E-state index in [1.165, 1.54) is 6.07 Å². The Kier molecular flexibility index (Phi) is 5.15. The summed E-state index contributed by atoms with van der Waals surface area (Å²) in [5, 5.41) is 3.26. The number of benzene rings is 2. The van der Waals surface area contributed by atoms with E-state index in [0.717, 1.165) is 22.4 Å². The molecule has 2 aromatic rings. The molecule has 2 nitrogen and oxygen atoms in total. The molecule has 0 aliphatic rings. The molecule has 0 aliphatic heterocycles. The van der Waals surface area contributed by atoms with Crippen LogP contribution in [0.25, 0.3) is 0 Å². The highest BCUT2D eigenvalue weighted by atomic mass is 79.9. The molecule has 4 heteroatoms. The lowest BCUT2D eigenvalue weighted by Crippen LogP contribution is -2.02. The van der Waals surface area contributed by atoms with Crippen molar-refractivity contribution in [1.82, 2.24) is 0 Å². The van der Waals surface area contributed by atoms with E-state index in [2.05, 4.69) is 27.3 Å². The topological polar surface area (TPSA) is 21.3 Å². The highest BCUT2D eigenvalue weighted by Crippen LogP contribution is 2.24. The number of hydrogen-bond acceptors (Lipinski definition) is 2. The number of ether oxygens (including phenoxy) is 1. The molecule has 1 N–H and O–H groups in total. The van der Waals surface area contributed by atoms with Crippen LogP contribution >= 0.6 is 15.9 Å². The number of nitrogens with one attached hydrogen (secondary N) is 1. The molecule has 0 aliphatic carbocycles. The van der Waals surface area contributed by atoms with Gasteiger partial charge in [-0.3, -0.25) is 0 Å². The third-order valence-electron chi connectivity index (χ3n) is 3.05. The fourth-order valence-corrected chi connectivity index (χ4v) is 2.49. The highest BCUT2D eigenvalue weighted by molar-refractivity contribution is 9.10. The number of rotatable bonds is 5. The van der Waals surface area contributed by atoms with Gasteiger partial charge in [-0.25, -0.2) is 4.39 Å². The second kappa shape index (κ2) is 6.86. The van der Waals surface area contributed by atoms with E-state index in [1.54, 1.807) is 13.2 Å². The maximum absolute atomic E-state index is 13.5. The minimum absolute atomic E-state index is 0.258. The Bertz CT molecular complexity index is 601. The number of anilines is 1. The maximum Gasteiger partial charge on any atom is 0.139 e. The van der Waals surface area contributed by atoms with Crippen LogP contribution in [0.3, 0.4) is 0 Å². The highest BCUT2D eigenvalue weighted by Gasteiger charge is 2.05. The van der Waals surface area contributed by atoms with Crippen molar-refractivity contribution in [3.05, 3.63) is 63.4 Å². The van der Waals surface area contributed by atoms with Crippen LogP contribution in [0.15, 0.2) is 40.9 Å². The van der Waals surface area contributed by atoms with Gasteiger partial charge < -0.3 is 10.1 Å². The van der Waals surface area contributed by atoms with E-state index in [9.17, 15) is 4.39 Å². The molecule has 0 aromatic heterocycles. The van der Waals surface area contributed by atoms with Crippen molar-refractivity contribution in [3.8, 4) is 0 Å². The molecule has 0 spiro atoms. The first kappa shape index (κ1) is 15.0. The molecule has 0 saturated carbocycles. The lowest BCUT2D eigenvalue weighted by atomic mass is 10.1. The van der Waals surface area contributed by atoms with Crippen LogP contribution in [-0.2, 0) is 17.9 Å². The summed E-state index contributed by atoms with van der Waals surface area (Å²) < 4.78 is 19.2. The summed E-state index contributed by atoms with van der Waals surface area (Å²) in [6.45, 7) is 3.20. The van der Waals surface area contributed by atoms with E-state index in [0.29, 0.717) is 17.6 Å². The first-order chi connectivity index (χ1) is 9.60. The third kappa shape index (κ3) is 3.81. The van der Waals surface area contributed by atoms with Gasteiger partial charge >= 0.3 is 0 Å². The van der Waals surface area contributed by atoms with Gasteiger partial charge in [0.25, 0.3) is 0 Å². The third-order valence-corrected chi connectivity index (χ3v) is 3.66. The molecule has 0 amide bonds. The van der Waals surface area contributed by atoms with E-state index in [4.69, 9.17) is 4.74 Å². The van der Waals surface area contributed by atoms with Crippen LogP contribution in [0.1, 0.15) is 16.7 Å². The van der Waals surface area contributed by atoms with Gasteiger partial charge in [0, 0.05) is 19.3 Å². The van der Waals surface area contributed by atoms with Crippen molar-refractivity contribution in [1.29, 1.82) is 0 Å². The average Bonchev–Trinajstić information content (AvgIpc) is 2.42. The van der Waals surface area contributed by atoms with Crippen LogP contribution in [0.4, 0.5) is 10.1 Å². The Balaban J connectivity index is 2.08. The standard InChI is InChI=1S/C16H17BrFNO/c1-11-6-14(17)15(18)8-16(11)19-9-12-4-3-5-13(7-12)10-20-2/h3-8,19H,9-10H2,1-2H3. The molecule has 0 fully saturated rings. The van der Waals surface area contributed by atoms with Crippen LogP contribution in [0.5, 0.6) is 0 Å². The molecule has 0 saturated heterocycles. The first-order valence-corrected chi connectivity index (χ1v) is 7.15. The molecule has 2 rings (SSSR count). The van der Waals surface area contributed by atoms with Gasteiger partial charge in [0.05, 0.1) is 11.1 Å². The van der Waals surface area contributed by atoms with Crippen LogP contribution in [0, 0.1) is 12.7 Å². The van der Waals surface area contributed by atoms with Crippen molar-refractivity contribution >= 4 is 21.6 Å². The van der Waals surface area contributed by atoms with Crippen molar-refractivity contribution < 1.29 is 9.13 Å². The molecule has 20 heavy (non-hydrogen) atoms. The number of halogens is 2. The second-order valence-corrected chi connectivity index (χ2v) is 5.54. The van der Waals surface area contributed by atoms with E-state index >= 15 is 0 Å². The number of hydrogen-bond donors (Lipinski definition) is 1. The summed E-state index contributed by atoms with van der Waals surface area (Å²) in [6, 6.07) is 11.4. The van der Waals surface area contributed by atoms with Crippen LogP contribution < -0.4 is 5.32 Å². The zero-order chi connectivity index (χ0) is 14.5. The van der Waals surface area contributed by atoms with Gasteiger partial charge in [-0.2, -0.15) is 0 Å². The summed E-state index contributed by atoms with van der Waals surface area (Å²) in [5.41, 5.74) is 4.09. The van der Waals surface area contributed by atoms with Crippen LogP contribution in [0.2, 0.25) is 0 Å². The SMILES string of the molecule is COCc1cccc(CNc2cc(F)c(Br)cc2C)c1. The molecular formula is C16H17BrFNO. The van der Waals surface area contributed by atoms with E-state index in [1.807, 2.05) is 25.1 Å². The van der Waals surface area contributed by atoms with E-state index < -0.39 is 0 Å². The Morgan fingerprint density at radius 1 is 1.20 bits per heavy atom. The number of aryl methyl sites for hydroxylation is 1. The predicted molar refractivity (Wildman–Crippen MR) is 83.3 cm³/mol. The zero-order valence-electron chi connectivity index (χ0n) is 11.5. The van der Waals surface area contributed by atoms with Gasteiger partial charge in [0.15, 0.2) is 0 Å². The monoisotopic (exact) mass is 337 g/mol. The molecule has 0 heterocycles. The van der Waals surface area contributed by atoms with E-state index in [-0.39, 0.29) is 5.82 Å². The van der Waals surface area contributed by atoms with Crippen molar-refractivity contribution in [3.63, 3.8) is 0 Å². The van der Waals surface area contributed by atoms with Gasteiger partial charge in [-0.15, -0.1) is 0 Å². The summed E-state index contributed by atoms with van der Waals surface area (Å²) in [4.78, 5) is 0. The largest absolute Gasteiger partial charge is 0.381 e. The minimum Gasteiger partial charge on any atom is -0.381 e. The summed E-state index contributed by atoms with van der Waals surface area (Å²) in [6.07, 6.45) is 0. The molecule has 2 aromatic carbocycles.